The van der Waals surface area contributed by atoms with Crippen molar-refractivity contribution in [2.75, 3.05) is 26.3 Å². The molecule has 0 heterocycles. The first-order valence-electron chi connectivity index (χ1n) is 8.60. The molecule has 0 bridgehead atoms. The van der Waals surface area contributed by atoms with Gasteiger partial charge in [0.1, 0.15) is 0 Å². The van der Waals surface area contributed by atoms with Crippen LogP contribution in [0.5, 0.6) is 0 Å². The van der Waals surface area contributed by atoms with Crippen LogP contribution in [0.25, 0.3) is 0 Å². The molecule has 0 aliphatic rings. The van der Waals surface area contributed by atoms with E-state index in [0.29, 0.717) is 13.2 Å². The van der Waals surface area contributed by atoms with Gasteiger partial charge in [-0.15, -0.1) is 0 Å². The number of hydrogen-bond donors (Lipinski definition) is 2. The lowest BCUT2D eigenvalue weighted by Gasteiger charge is -2.03. The molecule has 0 atom stereocenters. The second-order valence-corrected chi connectivity index (χ2v) is 5.15. The number of hydrogen-bond acceptors (Lipinski definition) is 6. The number of ether oxygens (including phenoxy) is 2. The normalized spacial score (nSPS) is 9.42. The van der Waals surface area contributed by atoms with Gasteiger partial charge in [0.15, 0.2) is 0 Å². The lowest BCUT2D eigenvalue weighted by molar-refractivity contribution is -0.139. The molecule has 0 aromatic heterocycles. The summed E-state index contributed by atoms with van der Waals surface area (Å²) in [5, 5.41) is 0. The number of carbonyl (C=O) groups excluding carboxylic acids is 2. The average molecular weight is 342 g/mol. The summed E-state index contributed by atoms with van der Waals surface area (Å²) in [6.07, 6.45) is 10.6. The van der Waals surface area contributed by atoms with Crippen molar-refractivity contribution in [3.63, 3.8) is 0 Å². The van der Waals surface area contributed by atoms with Gasteiger partial charge < -0.3 is 20.9 Å². The van der Waals surface area contributed by atoms with Crippen LogP contribution in [-0.4, -0.2) is 38.2 Å². The third kappa shape index (κ3) is 22.6. The number of nitrogens with two attached hydrogens (primary N) is 2. The van der Waals surface area contributed by atoms with Crippen molar-refractivity contribution in [3.05, 3.63) is 25.3 Å². The SMILES string of the molecule is C=CC(=O)OCCCCCCOC(=O)C=C.NCCCCCCN. The minimum atomic E-state index is -0.389. The Bertz CT molecular complexity index is 301. The largest absolute Gasteiger partial charge is 0.463 e. The summed E-state index contributed by atoms with van der Waals surface area (Å²) in [7, 11) is 0. The Balaban J connectivity index is 0. The van der Waals surface area contributed by atoms with E-state index in [-0.39, 0.29) is 11.9 Å². The fourth-order valence-corrected chi connectivity index (χ4v) is 1.66. The van der Waals surface area contributed by atoms with E-state index < -0.39 is 0 Å². The molecular formula is C18H34N2O4. The summed E-state index contributed by atoms with van der Waals surface area (Å²) < 4.78 is 9.60. The third-order valence-electron chi connectivity index (χ3n) is 3.02. The highest BCUT2D eigenvalue weighted by Crippen LogP contribution is 2.01. The first kappa shape index (κ1) is 24.6. The fourth-order valence-electron chi connectivity index (χ4n) is 1.66. The van der Waals surface area contributed by atoms with Crippen molar-refractivity contribution in [1.82, 2.24) is 0 Å². The van der Waals surface area contributed by atoms with Crippen molar-refractivity contribution in [2.45, 2.75) is 51.4 Å². The summed E-state index contributed by atoms with van der Waals surface area (Å²) in [5.41, 5.74) is 10.6. The van der Waals surface area contributed by atoms with Crippen LogP contribution in [-0.2, 0) is 19.1 Å². The van der Waals surface area contributed by atoms with Crippen LogP contribution in [0.15, 0.2) is 25.3 Å². The van der Waals surface area contributed by atoms with Gasteiger partial charge in [0, 0.05) is 12.2 Å². The van der Waals surface area contributed by atoms with Crippen LogP contribution in [0.4, 0.5) is 0 Å². The maximum atomic E-state index is 10.6. The predicted molar refractivity (Wildman–Crippen MR) is 97.4 cm³/mol. The van der Waals surface area contributed by atoms with Gasteiger partial charge >= 0.3 is 11.9 Å². The van der Waals surface area contributed by atoms with Crippen molar-refractivity contribution >= 4 is 11.9 Å². The van der Waals surface area contributed by atoms with E-state index in [0.717, 1.165) is 63.8 Å². The number of rotatable bonds is 14. The molecule has 0 rings (SSSR count). The van der Waals surface area contributed by atoms with Crippen molar-refractivity contribution < 1.29 is 19.1 Å². The smallest absolute Gasteiger partial charge is 0.330 e. The highest BCUT2D eigenvalue weighted by molar-refractivity contribution is 5.81. The molecular weight excluding hydrogens is 308 g/mol. The van der Waals surface area contributed by atoms with E-state index in [1.54, 1.807) is 0 Å². The minimum absolute atomic E-state index is 0.389. The van der Waals surface area contributed by atoms with Crippen LogP contribution in [0, 0.1) is 0 Å². The Kier molecular flexibility index (Phi) is 21.9. The molecule has 0 saturated carbocycles. The van der Waals surface area contributed by atoms with Gasteiger partial charge in [-0.3, -0.25) is 0 Å². The number of unbranched alkanes of at least 4 members (excludes halogenated alkanes) is 6. The van der Waals surface area contributed by atoms with E-state index in [1.807, 2.05) is 0 Å². The Labute approximate surface area is 146 Å². The van der Waals surface area contributed by atoms with Crippen molar-refractivity contribution in [1.29, 1.82) is 0 Å². The zero-order valence-corrected chi connectivity index (χ0v) is 14.8. The van der Waals surface area contributed by atoms with Gasteiger partial charge in [0.25, 0.3) is 0 Å². The number of carbonyl (C=O) groups is 2. The monoisotopic (exact) mass is 342 g/mol. The summed E-state index contributed by atoms with van der Waals surface area (Å²) in [5.74, 6) is -0.778. The van der Waals surface area contributed by atoms with E-state index in [4.69, 9.17) is 20.9 Å². The molecule has 0 radical (unpaired) electrons. The van der Waals surface area contributed by atoms with Crippen molar-refractivity contribution in [3.8, 4) is 0 Å². The number of esters is 2. The summed E-state index contributed by atoms with van der Waals surface area (Å²) in [6.45, 7) is 9.06. The Morgan fingerprint density at radius 3 is 1.29 bits per heavy atom. The molecule has 0 amide bonds. The van der Waals surface area contributed by atoms with Crippen LogP contribution >= 0.6 is 0 Å². The highest BCUT2D eigenvalue weighted by atomic mass is 16.5. The summed E-state index contributed by atoms with van der Waals surface area (Å²) >= 11 is 0. The van der Waals surface area contributed by atoms with Gasteiger partial charge in [-0.1, -0.05) is 26.0 Å². The quantitative estimate of drug-likeness (QED) is 0.285. The molecule has 0 aromatic rings. The highest BCUT2D eigenvalue weighted by Gasteiger charge is 1.97. The average Bonchev–Trinajstić information content (AvgIpc) is 2.61. The zero-order valence-electron chi connectivity index (χ0n) is 14.8. The van der Waals surface area contributed by atoms with Crippen LogP contribution in [0.1, 0.15) is 51.4 Å². The molecule has 6 nitrogen and oxygen atoms in total. The first-order valence-corrected chi connectivity index (χ1v) is 8.60. The summed E-state index contributed by atoms with van der Waals surface area (Å²) in [4.78, 5) is 21.3. The van der Waals surface area contributed by atoms with E-state index >= 15 is 0 Å². The van der Waals surface area contributed by atoms with Gasteiger partial charge in [0.2, 0.25) is 0 Å². The Morgan fingerprint density at radius 2 is 1.00 bits per heavy atom. The van der Waals surface area contributed by atoms with E-state index in [2.05, 4.69) is 13.2 Å². The molecule has 24 heavy (non-hydrogen) atoms. The molecule has 0 spiro atoms. The van der Waals surface area contributed by atoms with Crippen LogP contribution in [0.2, 0.25) is 0 Å². The molecule has 140 valence electrons. The molecule has 0 fully saturated rings. The van der Waals surface area contributed by atoms with Crippen LogP contribution < -0.4 is 11.5 Å². The second-order valence-electron chi connectivity index (χ2n) is 5.15. The van der Waals surface area contributed by atoms with Crippen molar-refractivity contribution in [2.24, 2.45) is 11.5 Å². The summed E-state index contributed by atoms with van der Waals surface area (Å²) in [6, 6.07) is 0. The topological polar surface area (TPSA) is 105 Å². The molecule has 0 aliphatic carbocycles. The molecule has 0 saturated heterocycles. The van der Waals surface area contributed by atoms with E-state index in [1.165, 1.54) is 12.8 Å². The lowest BCUT2D eigenvalue weighted by Crippen LogP contribution is -2.03. The van der Waals surface area contributed by atoms with Gasteiger partial charge in [-0.05, 0) is 51.6 Å². The molecule has 0 unspecified atom stereocenters. The standard InChI is InChI=1S/C12H18O4.C6H16N2/c1-3-11(13)15-9-7-5-6-8-10-16-12(14)4-2;7-5-3-1-2-4-6-8/h3-4H,1-2,5-10H2;1-8H2. The van der Waals surface area contributed by atoms with E-state index in [9.17, 15) is 9.59 Å². The maximum Gasteiger partial charge on any atom is 0.330 e. The molecule has 0 aromatic carbocycles. The fraction of sp³-hybridized carbons (Fsp3) is 0.667. The van der Waals surface area contributed by atoms with Gasteiger partial charge in [0.05, 0.1) is 13.2 Å². The van der Waals surface area contributed by atoms with Crippen LogP contribution in [0.3, 0.4) is 0 Å². The zero-order chi connectivity index (χ0) is 18.5. The van der Waals surface area contributed by atoms with Gasteiger partial charge in [-0.25, -0.2) is 9.59 Å². The Hall–Kier alpha value is -1.66. The Morgan fingerprint density at radius 1 is 0.667 bits per heavy atom. The second kappa shape index (κ2) is 21.3. The minimum Gasteiger partial charge on any atom is -0.463 e. The third-order valence-corrected chi connectivity index (χ3v) is 3.02. The molecule has 4 N–H and O–H groups in total. The first-order chi connectivity index (χ1) is 11.6. The molecule has 0 aliphatic heterocycles. The predicted octanol–water partition coefficient (Wildman–Crippen LogP) is 2.47. The van der Waals surface area contributed by atoms with Gasteiger partial charge in [-0.2, -0.15) is 0 Å². The lowest BCUT2D eigenvalue weighted by atomic mass is 10.2. The molecule has 6 heteroatoms. The maximum absolute atomic E-state index is 10.6.